The van der Waals surface area contributed by atoms with Crippen molar-refractivity contribution in [2.75, 3.05) is 26.7 Å². The molecule has 1 aliphatic heterocycles. The van der Waals surface area contributed by atoms with Gasteiger partial charge in [-0.2, -0.15) is 5.26 Å². The summed E-state index contributed by atoms with van der Waals surface area (Å²) in [6, 6.07) is 2.41. The van der Waals surface area contributed by atoms with Crippen LogP contribution < -0.4 is 0 Å². The van der Waals surface area contributed by atoms with Crippen LogP contribution in [0.2, 0.25) is 0 Å². The summed E-state index contributed by atoms with van der Waals surface area (Å²) >= 11 is 0. The molecule has 0 bridgehead atoms. The van der Waals surface area contributed by atoms with E-state index < -0.39 is 5.54 Å². The monoisotopic (exact) mass is 307 g/mol. The van der Waals surface area contributed by atoms with Crippen molar-refractivity contribution in [2.45, 2.75) is 63.5 Å². The van der Waals surface area contributed by atoms with Gasteiger partial charge in [0.1, 0.15) is 5.54 Å². The van der Waals surface area contributed by atoms with Crippen LogP contribution in [0.3, 0.4) is 0 Å². The topological polar surface area (TPSA) is 67.6 Å². The molecule has 1 heterocycles. The van der Waals surface area contributed by atoms with E-state index in [0.717, 1.165) is 58.0 Å². The van der Waals surface area contributed by atoms with E-state index in [2.05, 4.69) is 11.0 Å². The van der Waals surface area contributed by atoms with Crippen molar-refractivity contribution in [1.82, 2.24) is 9.80 Å². The Morgan fingerprint density at radius 3 is 2.45 bits per heavy atom. The van der Waals surface area contributed by atoms with Gasteiger partial charge < -0.3 is 10.0 Å². The van der Waals surface area contributed by atoms with E-state index in [1.807, 2.05) is 6.92 Å². The number of aliphatic hydroxyl groups excluding tert-OH is 1. The zero-order valence-electron chi connectivity index (χ0n) is 13.9. The van der Waals surface area contributed by atoms with Crippen LogP contribution in [0.4, 0.5) is 0 Å². The fourth-order valence-electron chi connectivity index (χ4n) is 3.79. The summed E-state index contributed by atoms with van der Waals surface area (Å²) in [4.78, 5) is 16.4. The second kappa shape index (κ2) is 7.43. The molecular weight excluding hydrogens is 278 g/mol. The molecule has 1 saturated carbocycles. The highest BCUT2D eigenvalue weighted by atomic mass is 16.3. The molecule has 1 atom stereocenters. The third-order valence-electron chi connectivity index (χ3n) is 5.58. The molecule has 1 saturated heterocycles. The number of likely N-dealkylation sites (N-methyl/N-ethyl adjacent to an activating group) is 1. The Hall–Kier alpha value is -1.12. The number of rotatable bonds is 4. The molecule has 5 nitrogen and oxygen atoms in total. The molecule has 0 radical (unpaired) electrons. The first kappa shape index (κ1) is 17.2. The molecule has 1 N–H and O–H groups in total. The Kier molecular flexibility index (Phi) is 5.82. The van der Waals surface area contributed by atoms with Gasteiger partial charge in [-0.1, -0.05) is 19.3 Å². The predicted octanol–water partition coefficient (Wildman–Crippen LogP) is 1.76. The Balaban J connectivity index is 1.88. The lowest BCUT2D eigenvalue weighted by Crippen LogP contribution is -2.53. The highest BCUT2D eigenvalue weighted by Crippen LogP contribution is 2.32. The van der Waals surface area contributed by atoms with Crippen molar-refractivity contribution in [3.63, 3.8) is 0 Å². The highest BCUT2D eigenvalue weighted by molar-refractivity contribution is 5.79. The van der Waals surface area contributed by atoms with Gasteiger partial charge in [0.25, 0.3) is 0 Å². The molecular formula is C17H29N3O2. The van der Waals surface area contributed by atoms with Crippen LogP contribution in [0.15, 0.2) is 0 Å². The van der Waals surface area contributed by atoms with Crippen LogP contribution in [0, 0.1) is 17.2 Å². The largest absolute Gasteiger partial charge is 0.393 e. The molecule has 0 aromatic rings. The minimum absolute atomic E-state index is 0.0546. The van der Waals surface area contributed by atoms with Gasteiger partial charge in [0.05, 0.1) is 18.7 Å². The van der Waals surface area contributed by atoms with Gasteiger partial charge in [-0.3, -0.25) is 9.69 Å². The summed E-state index contributed by atoms with van der Waals surface area (Å²) in [6.07, 6.45) is 6.46. The van der Waals surface area contributed by atoms with Crippen molar-refractivity contribution in [1.29, 1.82) is 5.26 Å². The van der Waals surface area contributed by atoms with Crippen molar-refractivity contribution >= 4 is 5.91 Å². The van der Waals surface area contributed by atoms with Gasteiger partial charge in [0.2, 0.25) is 5.91 Å². The molecule has 2 fully saturated rings. The third-order valence-corrected chi connectivity index (χ3v) is 5.58. The normalized spacial score (nSPS) is 24.5. The smallest absolute Gasteiger partial charge is 0.237 e. The van der Waals surface area contributed by atoms with Crippen LogP contribution >= 0.6 is 0 Å². The Labute approximate surface area is 133 Å². The lowest BCUT2D eigenvalue weighted by Gasteiger charge is -2.40. The second-order valence-corrected chi connectivity index (χ2v) is 7.01. The first-order valence-corrected chi connectivity index (χ1v) is 8.57. The lowest BCUT2D eigenvalue weighted by atomic mass is 9.81. The number of nitrogens with zero attached hydrogens (tertiary/aromatic N) is 3. The Bertz CT molecular complexity index is 416. The standard InChI is InChI=1S/C17H29N3O2/c1-14(21)15-6-10-20(11-7-15)12-16(22)19(2)17(13-18)8-4-3-5-9-17/h14-15,21H,3-12H2,1-2H3. The summed E-state index contributed by atoms with van der Waals surface area (Å²) in [5.74, 6) is 0.409. The second-order valence-electron chi connectivity index (χ2n) is 7.01. The fraction of sp³-hybridized carbons (Fsp3) is 0.882. The SMILES string of the molecule is CC(O)C1CCN(CC(=O)N(C)C2(C#N)CCCCC2)CC1. The lowest BCUT2D eigenvalue weighted by molar-refractivity contribution is -0.136. The number of amides is 1. The molecule has 0 spiro atoms. The van der Waals surface area contributed by atoms with Crippen LogP contribution in [-0.4, -0.2) is 59.1 Å². The molecule has 5 heteroatoms. The summed E-state index contributed by atoms with van der Waals surface area (Å²) < 4.78 is 0. The molecule has 2 rings (SSSR count). The van der Waals surface area contributed by atoms with Crippen LogP contribution in [0.25, 0.3) is 0 Å². The minimum Gasteiger partial charge on any atom is -0.393 e. The molecule has 1 unspecified atom stereocenters. The molecule has 2 aliphatic rings. The van der Waals surface area contributed by atoms with E-state index in [4.69, 9.17) is 0 Å². The van der Waals surface area contributed by atoms with E-state index >= 15 is 0 Å². The van der Waals surface area contributed by atoms with Crippen molar-refractivity contribution in [2.24, 2.45) is 5.92 Å². The van der Waals surface area contributed by atoms with Gasteiger partial charge in [0.15, 0.2) is 0 Å². The van der Waals surface area contributed by atoms with E-state index in [-0.39, 0.29) is 12.0 Å². The third kappa shape index (κ3) is 3.80. The molecule has 124 valence electrons. The van der Waals surface area contributed by atoms with E-state index in [1.54, 1.807) is 11.9 Å². The molecule has 1 aliphatic carbocycles. The van der Waals surface area contributed by atoms with Crippen LogP contribution in [-0.2, 0) is 4.79 Å². The van der Waals surface area contributed by atoms with Crippen LogP contribution in [0.1, 0.15) is 51.9 Å². The quantitative estimate of drug-likeness (QED) is 0.859. The average molecular weight is 307 g/mol. The molecule has 0 aromatic heterocycles. The van der Waals surface area contributed by atoms with Crippen molar-refractivity contribution in [3.05, 3.63) is 0 Å². The van der Waals surface area contributed by atoms with E-state index in [1.165, 1.54) is 0 Å². The molecule has 0 aromatic carbocycles. The first-order chi connectivity index (χ1) is 10.5. The van der Waals surface area contributed by atoms with Crippen molar-refractivity contribution in [3.8, 4) is 6.07 Å². The summed E-state index contributed by atoms with van der Waals surface area (Å²) in [7, 11) is 1.79. The summed E-state index contributed by atoms with van der Waals surface area (Å²) in [5, 5.41) is 19.2. The first-order valence-electron chi connectivity index (χ1n) is 8.57. The summed E-state index contributed by atoms with van der Waals surface area (Å²) in [6.45, 7) is 3.95. The Morgan fingerprint density at radius 1 is 1.36 bits per heavy atom. The van der Waals surface area contributed by atoms with Gasteiger partial charge in [-0.25, -0.2) is 0 Å². The minimum atomic E-state index is -0.590. The van der Waals surface area contributed by atoms with Gasteiger partial charge in [-0.05, 0) is 51.6 Å². The number of aliphatic hydroxyl groups is 1. The van der Waals surface area contributed by atoms with Gasteiger partial charge >= 0.3 is 0 Å². The average Bonchev–Trinajstić information content (AvgIpc) is 2.55. The maximum Gasteiger partial charge on any atom is 0.237 e. The molecule has 22 heavy (non-hydrogen) atoms. The number of piperidine rings is 1. The number of carbonyl (C=O) groups excluding carboxylic acids is 1. The Morgan fingerprint density at radius 2 is 1.95 bits per heavy atom. The van der Waals surface area contributed by atoms with E-state index in [0.29, 0.717) is 12.5 Å². The number of hydrogen-bond donors (Lipinski definition) is 1. The van der Waals surface area contributed by atoms with Crippen LogP contribution in [0.5, 0.6) is 0 Å². The van der Waals surface area contributed by atoms with Gasteiger partial charge in [0, 0.05) is 7.05 Å². The zero-order valence-corrected chi connectivity index (χ0v) is 13.9. The number of hydrogen-bond acceptors (Lipinski definition) is 4. The van der Waals surface area contributed by atoms with Crippen molar-refractivity contribution < 1.29 is 9.90 Å². The fourth-order valence-corrected chi connectivity index (χ4v) is 3.79. The maximum absolute atomic E-state index is 12.6. The molecule has 1 amide bonds. The number of carbonyl (C=O) groups is 1. The number of nitriles is 1. The maximum atomic E-state index is 12.6. The van der Waals surface area contributed by atoms with Gasteiger partial charge in [-0.15, -0.1) is 0 Å². The summed E-state index contributed by atoms with van der Waals surface area (Å²) in [5.41, 5.74) is -0.590. The predicted molar refractivity (Wildman–Crippen MR) is 85.0 cm³/mol. The zero-order chi connectivity index (χ0) is 16.2. The highest BCUT2D eigenvalue weighted by Gasteiger charge is 2.39. The number of likely N-dealkylation sites (tertiary alicyclic amines) is 1. The van der Waals surface area contributed by atoms with E-state index in [9.17, 15) is 15.2 Å².